The van der Waals surface area contributed by atoms with Gasteiger partial charge in [-0.1, -0.05) is 12.1 Å². The normalized spacial score (nSPS) is 18.0. The Bertz CT molecular complexity index is 418. The summed E-state index contributed by atoms with van der Waals surface area (Å²) in [6.45, 7) is 7.44. The molecule has 2 rings (SSSR count). The van der Waals surface area contributed by atoms with Crippen LogP contribution in [0.15, 0.2) is 24.3 Å². The number of nitriles is 1. The summed E-state index contributed by atoms with van der Waals surface area (Å²) in [6.07, 6.45) is 0. The van der Waals surface area contributed by atoms with E-state index in [0.29, 0.717) is 11.6 Å². The van der Waals surface area contributed by atoms with Crippen molar-refractivity contribution >= 4 is 5.69 Å². The minimum Gasteiger partial charge on any atom is -0.382 e. The highest BCUT2D eigenvalue weighted by molar-refractivity contribution is 5.57. The van der Waals surface area contributed by atoms with E-state index in [0.717, 1.165) is 38.4 Å². The molecule has 0 aliphatic carbocycles. The number of benzene rings is 1. The summed E-state index contributed by atoms with van der Waals surface area (Å²) < 4.78 is 0. The van der Waals surface area contributed by atoms with Crippen LogP contribution in [0.2, 0.25) is 0 Å². The molecule has 1 saturated heterocycles. The summed E-state index contributed by atoms with van der Waals surface area (Å²) in [7, 11) is 0. The zero-order valence-electron chi connectivity index (χ0n) is 10.8. The first kappa shape index (κ1) is 12.9. The Hall–Kier alpha value is -1.57. The van der Waals surface area contributed by atoms with Crippen molar-refractivity contribution in [1.82, 2.24) is 10.2 Å². The van der Waals surface area contributed by atoms with Crippen molar-refractivity contribution in [3.63, 3.8) is 0 Å². The number of para-hydroxylation sites is 1. The Labute approximate surface area is 109 Å². The molecule has 1 aliphatic rings. The highest BCUT2D eigenvalue weighted by Crippen LogP contribution is 2.14. The van der Waals surface area contributed by atoms with Gasteiger partial charge in [-0.2, -0.15) is 5.26 Å². The highest BCUT2D eigenvalue weighted by Gasteiger charge is 2.16. The van der Waals surface area contributed by atoms with E-state index in [-0.39, 0.29) is 0 Å². The van der Waals surface area contributed by atoms with Gasteiger partial charge in [0.25, 0.3) is 0 Å². The molecule has 1 aromatic carbocycles. The maximum absolute atomic E-state index is 9.02. The van der Waals surface area contributed by atoms with Gasteiger partial charge in [-0.15, -0.1) is 0 Å². The molecular weight excluding hydrogens is 224 g/mol. The van der Waals surface area contributed by atoms with Crippen molar-refractivity contribution in [3.8, 4) is 6.07 Å². The average molecular weight is 244 g/mol. The molecule has 4 heteroatoms. The van der Waals surface area contributed by atoms with Crippen molar-refractivity contribution in [2.75, 3.05) is 38.0 Å². The Morgan fingerprint density at radius 3 is 2.83 bits per heavy atom. The number of rotatable bonds is 4. The Morgan fingerprint density at radius 2 is 2.11 bits per heavy atom. The molecule has 0 bridgehead atoms. The Morgan fingerprint density at radius 1 is 1.39 bits per heavy atom. The summed E-state index contributed by atoms with van der Waals surface area (Å²) in [5, 5.41) is 15.8. The van der Waals surface area contributed by atoms with Crippen molar-refractivity contribution in [2.45, 2.75) is 13.0 Å². The number of hydrogen-bond acceptors (Lipinski definition) is 4. The van der Waals surface area contributed by atoms with E-state index in [1.807, 2.05) is 24.3 Å². The van der Waals surface area contributed by atoms with Crippen molar-refractivity contribution in [2.24, 2.45) is 0 Å². The SMILES string of the molecule is CC(CNc1ccccc1C#N)N1CCNCC1. The molecule has 1 fully saturated rings. The second-order valence-electron chi connectivity index (χ2n) is 4.67. The lowest BCUT2D eigenvalue weighted by molar-refractivity contribution is 0.191. The lowest BCUT2D eigenvalue weighted by atomic mass is 10.2. The molecule has 96 valence electrons. The van der Waals surface area contributed by atoms with Gasteiger partial charge in [0.2, 0.25) is 0 Å². The lowest BCUT2D eigenvalue weighted by Gasteiger charge is -2.33. The lowest BCUT2D eigenvalue weighted by Crippen LogP contribution is -2.49. The van der Waals surface area contributed by atoms with Crippen molar-refractivity contribution in [1.29, 1.82) is 5.26 Å². The van der Waals surface area contributed by atoms with E-state index in [1.165, 1.54) is 0 Å². The molecule has 0 amide bonds. The molecule has 2 N–H and O–H groups in total. The van der Waals surface area contributed by atoms with Gasteiger partial charge in [-0.3, -0.25) is 4.90 Å². The van der Waals surface area contributed by atoms with Crippen LogP contribution in [-0.4, -0.2) is 43.7 Å². The van der Waals surface area contributed by atoms with Crippen molar-refractivity contribution < 1.29 is 0 Å². The fourth-order valence-electron chi connectivity index (χ4n) is 2.24. The van der Waals surface area contributed by atoms with E-state index < -0.39 is 0 Å². The number of piperazine rings is 1. The minimum absolute atomic E-state index is 0.485. The summed E-state index contributed by atoms with van der Waals surface area (Å²) in [5.74, 6) is 0. The molecular formula is C14H20N4. The van der Waals surface area contributed by atoms with Crippen molar-refractivity contribution in [3.05, 3.63) is 29.8 Å². The van der Waals surface area contributed by atoms with E-state index in [2.05, 4.69) is 28.5 Å². The Kier molecular flexibility index (Phi) is 4.57. The number of hydrogen-bond donors (Lipinski definition) is 2. The van der Waals surface area contributed by atoms with E-state index in [1.54, 1.807) is 0 Å². The van der Waals surface area contributed by atoms with Crippen LogP contribution in [0.4, 0.5) is 5.69 Å². The number of anilines is 1. The maximum Gasteiger partial charge on any atom is 0.101 e. The van der Waals surface area contributed by atoms with Crippen LogP contribution in [0.3, 0.4) is 0 Å². The molecule has 18 heavy (non-hydrogen) atoms. The zero-order valence-corrected chi connectivity index (χ0v) is 10.8. The molecule has 1 atom stereocenters. The summed E-state index contributed by atoms with van der Waals surface area (Å²) in [6, 6.07) is 10.4. The molecule has 1 aliphatic heterocycles. The second-order valence-corrected chi connectivity index (χ2v) is 4.67. The molecule has 0 spiro atoms. The molecule has 4 nitrogen and oxygen atoms in total. The first-order chi connectivity index (χ1) is 8.81. The number of nitrogens with zero attached hydrogens (tertiary/aromatic N) is 2. The van der Waals surface area contributed by atoms with Crippen LogP contribution >= 0.6 is 0 Å². The van der Waals surface area contributed by atoms with Crippen LogP contribution in [0.5, 0.6) is 0 Å². The third-order valence-electron chi connectivity index (χ3n) is 3.41. The fraction of sp³-hybridized carbons (Fsp3) is 0.500. The minimum atomic E-state index is 0.485. The van der Waals surface area contributed by atoms with Gasteiger partial charge in [0.15, 0.2) is 0 Å². The zero-order chi connectivity index (χ0) is 12.8. The first-order valence-electron chi connectivity index (χ1n) is 6.49. The monoisotopic (exact) mass is 244 g/mol. The average Bonchev–Trinajstić information content (AvgIpc) is 2.46. The predicted molar refractivity (Wildman–Crippen MR) is 73.6 cm³/mol. The summed E-state index contributed by atoms with van der Waals surface area (Å²) in [4.78, 5) is 2.47. The van der Waals surface area contributed by atoms with Gasteiger partial charge < -0.3 is 10.6 Å². The molecule has 1 unspecified atom stereocenters. The number of nitrogens with one attached hydrogen (secondary N) is 2. The second kappa shape index (κ2) is 6.39. The van der Waals surface area contributed by atoms with Gasteiger partial charge in [0.1, 0.15) is 6.07 Å². The summed E-state index contributed by atoms with van der Waals surface area (Å²) >= 11 is 0. The van der Waals surface area contributed by atoms with Crippen LogP contribution in [0, 0.1) is 11.3 Å². The molecule has 1 aromatic rings. The molecule has 0 radical (unpaired) electrons. The van der Waals surface area contributed by atoms with Gasteiger partial charge in [0, 0.05) is 38.8 Å². The van der Waals surface area contributed by atoms with E-state index in [4.69, 9.17) is 5.26 Å². The topological polar surface area (TPSA) is 51.1 Å². The standard InChI is InChI=1S/C14H20N4/c1-12(18-8-6-16-7-9-18)11-17-14-5-3-2-4-13(14)10-15/h2-5,12,16-17H,6-9,11H2,1H3. The Balaban J connectivity index is 1.88. The predicted octanol–water partition coefficient (Wildman–Crippen LogP) is 1.26. The molecule has 0 saturated carbocycles. The third kappa shape index (κ3) is 3.22. The smallest absolute Gasteiger partial charge is 0.101 e. The third-order valence-corrected chi connectivity index (χ3v) is 3.41. The van der Waals surface area contributed by atoms with Crippen LogP contribution in [0.25, 0.3) is 0 Å². The van der Waals surface area contributed by atoms with E-state index >= 15 is 0 Å². The van der Waals surface area contributed by atoms with E-state index in [9.17, 15) is 0 Å². The van der Waals surface area contributed by atoms with Gasteiger partial charge in [0.05, 0.1) is 11.3 Å². The summed E-state index contributed by atoms with van der Waals surface area (Å²) in [5.41, 5.74) is 1.65. The quantitative estimate of drug-likeness (QED) is 0.837. The maximum atomic E-state index is 9.02. The largest absolute Gasteiger partial charge is 0.382 e. The van der Waals surface area contributed by atoms with Crippen LogP contribution in [-0.2, 0) is 0 Å². The molecule has 1 heterocycles. The van der Waals surface area contributed by atoms with Gasteiger partial charge >= 0.3 is 0 Å². The fourth-order valence-corrected chi connectivity index (χ4v) is 2.24. The first-order valence-corrected chi connectivity index (χ1v) is 6.49. The van der Waals surface area contributed by atoms with Crippen LogP contribution in [0.1, 0.15) is 12.5 Å². The highest BCUT2D eigenvalue weighted by atomic mass is 15.2. The van der Waals surface area contributed by atoms with Gasteiger partial charge in [-0.05, 0) is 19.1 Å². The van der Waals surface area contributed by atoms with Crippen LogP contribution < -0.4 is 10.6 Å². The molecule has 0 aromatic heterocycles. The van der Waals surface area contributed by atoms with Gasteiger partial charge in [-0.25, -0.2) is 0 Å².